The Bertz CT molecular complexity index is 677. The summed E-state index contributed by atoms with van der Waals surface area (Å²) >= 11 is 0. The molecule has 6 nitrogen and oxygen atoms in total. The van der Waals surface area contributed by atoms with Crippen LogP contribution in [0, 0.1) is 5.41 Å². The van der Waals surface area contributed by atoms with Crippen LogP contribution in [0.3, 0.4) is 0 Å². The zero-order valence-corrected chi connectivity index (χ0v) is 14.6. The molecular weight excluding hydrogens is 328 g/mol. The van der Waals surface area contributed by atoms with Gasteiger partial charge in [-0.15, -0.1) is 0 Å². The fourth-order valence-electron chi connectivity index (χ4n) is 3.90. The number of piperidine rings is 1. The van der Waals surface area contributed by atoms with E-state index in [0.717, 1.165) is 38.7 Å². The minimum absolute atomic E-state index is 0.0700. The van der Waals surface area contributed by atoms with Gasteiger partial charge in [0.15, 0.2) is 0 Å². The average Bonchev–Trinajstić information content (AvgIpc) is 3.46. The fraction of sp³-hybridized carbons (Fsp3) is 0.706. The van der Waals surface area contributed by atoms with E-state index < -0.39 is 10.0 Å². The number of pyridine rings is 1. The summed E-state index contributed by atoms with van der Waals surface area (Å²) in [5.74, 6) is 0.582. The van der Waals surface area contributed by atoms with Crippen molar-refractivity contribution in [3.8, 4) is 5.88 Å². The van der Waals surface area contributed by atoms with Crippen molar-refractivity contribution in [3.05, 3.63) is 24.4 Å². The van der Waals surface area contributed by atoms with E-state index in [9.17, 15) is 8.42 Å². The van der Waals surface area contributed by atoms with E-state index in [1.807, 2.05) is 18.2 Å². The summed E-state index contributed by atoms with van der Waals surface area (Å²) in [5, 5.41) is -0.160. The van der Waals surface area contributed by atoms with Crippen LogP contribution >= 0.6 is 0 Å². The van der Waals surface area contributed by atoms with Crippen molar-refractivity contribution >= 4 is 10.0 Å². The molecular formula is C17H24N2O4S. The maximum atomic E-state index is 12.7. The van der Waals surface area contributed by atoms with E-state index in [2.05, 4.69) is 4.98 Å². The summed E-state index contributed by atoms with van der Waals surface area (Å²) in [7, 11) is -3.15. The number of nitrogens with zero attached hydrogens (tertiary/aromatic N) is 2. The Balaban J connectivity index is 1.53. The minimum atomic E-state index is -3.15. The van der Waals surface area contributed by atoms with Crippen molar-refractivity contribution in [1.29, 1.82) is 0 Å². The van der Waals surface area contributed by atoms with Crippen molar-refractivity contribution in [2.45, 2.75) is 43.5 Å². The number of rotatable bonds is 5. The van der Waals surface area contributed by atoms with Crippen LogP contribution in [0.1, 0.15) is 32.1 Å². The monoisotopic (exact) mass is 352 g/mol. The van der Waals surface area contributed by atoms with E-state index in [1.165, 1.54) is 0 Å². The lowest BCUT2D eigenvalue weighted by Crippen LogP contribution is -2.58. The molecule has 2 saturated heterocycles. The van der Waals surface area contributed by atoms with Gasteiger partial charge in [-0.2, -0.15) is 0 Å². The van der Waals surface area contributed by atoms with Gasteiger partial charge in [0.25, 0.3) is 0 Å². The Morgan fingerprint density at radius 3 is 2.96 bits per heavy atom. The number of hydrogen-bond donors (Lipinski definition) is 0. The van der Waals surface area contributed by atoms with Gasteiger partial charge in [0.2, 0.25) is 15.9 Å². The Kier molecular flexibility index (Phi) is 4.26. The smallest absolute Gasteiger partial charge is 0.217 e. The molecule has 0 unspecified atom stereocenters. The standard InChI is InChI=1S/C17H24N2O4S/c20-24(21,14-5-6-14)19-10-7-15-17(12-19,8-3-11-22-15)13-23-16-4-1-2-9-18-16/h1-2,4,9,14-15H,3,5-8,10-13H2/t15-,17-/m1/s1. The fourth-order valence-corrected chi connectivity index (χ4v) is 5.85. The highest BCUT2D eigenvalue weighted by Gasteiger charge is 2.51. The van der Waals surface area contributed by atoms with Crippen LogP contribution in [0.4, 0.5) is 0 Å². The van der Waals surface area contributed by atoms with Crippen LogP contribution < -0.4 is 4.74 Å². The van der Waals surface area contributed by atoms with Crippen molar-refractivity contribution < 1.29 is 17.9 Å². The average molecular weight is 352 g/mol. The lowest BCUT2D eigenvalue weighted by Gasteiger charge is -2.49. The van der Waals surface area contributed by atoms with Crippen molar-refractivity contribution in [3.63, 3.8) is 0 Å². The second-order valence-electron chi connectivity index (χ2n) is 7.15. The molecule has 1 saturated carbocycles. The topological polar surface area (TPSA) is 68.7 Å². The summed E-state index contributed by atoms with van der Waals surface area (Å²) in [6.45, 7) is 2.27. The first-order chi connectivity index (χ1) is 11.6. The highest BCUT2D eigenvalue weighted by Crippen LogP contribution is 2.43. The third kappa shape index (κ3) is 3.05. The minimum Gasteiger partial charge on any atom is -0.477 e. The van der Waals surface area contributed by atoms with Gasteiger partial charge >= 0.3 is 0 Å². The molecule has 1 aromatic heterocycles. The first-order valence-corrected chi connectivity index (χ1v) is 10.2. The Morgan fingerprint density at radius 2 is 2.21 bits per heavy atom. The highest BCUT2D eigenvalue weighted by atomic mass is 32.2. The summed E-state index contributed by atoms with van der Waals surface area (Å²) in [4.78, 5) is 4.21. The molecule has 0 spiro atoms. The molecule has 2 aliphatic heterocycles. The predicted octanol–water partition coefficient (Wildman–Crippen LogP) is 1.82. The van der Waals surface area contributed by atoms with Crippen LogP contribution in [-0.2, 0) is 14.8 Å². The second kappa shape index (κ2) is 6.28. The van der Waals surface area contributed by atoms with Crippen molar-refractivity contribution in [2.24, 2.45) is 5.41 Å². The van der Waals surface area contributed by atoms with Crippen LogP contribution in [-0.4, -0.2) is 55.4 Å². The molecule has 1 aromatic rings. The van der Waals surface area contributed by atoms with E-state index in [4.69, 9.17) is 9.47 Å². The van der Waals surface area contributed by atoms with Crippen LogP contribution in [0.5, 0.6) is 5.88 Å². The molecule has 0 bridgehead atoms. The molecule has 0 aromatic carbocycles. The predicted molar refractivity (Wildman–Crippen MR) is 89.3 cm³/mol. The Morgan fingerprint density at radius 1 is 1.33 bits per heavy atom. The zero-order valence-electron chi connectivity index (χ0n) is 13.8. The SMILES string of the molecule is O=S(=O)(C1CC1)N1CC[C@H]2OCCC[C@]2(COc2ccccn2)C1. The van der Waals surface area contributed by atoms with Gasteiger partial charge in [0.1, 0.15) is 0 Å². The third-order valence-electron chi connectivity index (χ3n) is 5.40. The molecule has 1 aliphatic carbocycles. The zero-order chi connectivity index (χ0) is 16.6. The molecule has 3 heterocycles. The van der Waals surface area contributed by atoms with E-state index in [0.29, 0.717) is 25.6 Å². The summed E-state index contributed by atoms with van der Waals surface area (Å²) < 4.78 is 39.0. The van der Waals surface area contributed by atoms with Crippen molar-refractivity contribution in [2.75, 3.05) is 26.3 Å². The van der Waals surface area contributed by atoms with E-state index >= 15 is 0 Å². The summed E-state index contributed by atoms with van der Waals surface area (Å²) in [5.41, 5.74) is -0.268. The van der Waals surface area contributed by atoms with Gasteiger partial charge in [0, 0.05) is 37.4 Å². The van der Waals surface area contributed by atoms with Crippen LogP contribution in [0.2, 0.25) is 0 Å². The molecule has 0 radical (unpaired) electrons. The lowest BCUT2D eigenvalue weighted by molar-refractivity contribution is -0.128. The molecule has 3 fully saturated rings. The summed E-state index contributed by atoms with van der Waals surface area (Å²) in [6, 6.07) is 5.57. The number of ether oxygens (including phenoxy) is 2. The van der Waals surface area contributed by atoms with Crippen LogP contribution in [0.15, 0.2) is 24.4 Å². The molecule has 24 heavy (non-hydrogen) atoms. The lowest BCUT2D eigenvalue weighted by atomic mass is 9.73. The van der Waals surface area contributed by atoms with Gasteiger partial charge in [-0.25, -0.2) is 17.7 Å². The van der Waals surface area contributed by atoms with Gasteiger partial charge in [0.05, 0.1) is 18.0 Å². The van der Waals surface area contributed by atoms with Gasteiger partial charge in [-0.1, -0.05) is 6.07 Å². The Hall–Kier alpha value is -1.18. The number of fused-ring (bicyclic) bond motifs is 1. The molecule has 2 atom stereocenters. The molecule has 7 heteroatoms. The normalized spacial score (nSPS) is 31.4. The van der Waals surface area contributed by atoms with E-state index in [-0.39, 0.29) is 16.8 Å². The number of sulfonamides is 1. The molecule has 3 aliphatic rings. The van der Waals surface area contributed by atoms with E-state index in [1.54, 1.807) is 10.5 Å². The third-order valence-corrected chi connectivity index (χ3v) is 7.75. The number of hydrogen-bond acceptors (Lipinski definition) is 5. The summed E-state index contributed by atoms with van der Waals surface area (Å²) in [6.07, 6.45) is 6.00. The maximum absolute atomic E-state index is 12.7. The quantitative estimate of drug-likeness (QED) is 0.809. The molecule has 4 rings (SSSR count). The molecule has 0 amide bonds. The first kappa shape index (κ1) is 16.3. The Labute approximate surface area is 143 Å². The van der Waals surface area contributed by atoms with Gasteiger partial charge < -0.3 is 9.47 Å². The maximum Gasteiger partial charge on any atom is 0.217 e. The molecule has 132 valence electrons. The largest absolute Gasteiger partial charge is 0.477 e. The number of aromatic nitrogens is 1. The van der Waals surface area contributed by atoms with Gasteiger partial charge in [-0.05, 0) is 38.2 Å². The first-order valence-electron chi connectivity index (χ1n) is 8.75. The second-order valence-corrected chi connectivity index (χ2v) is 9.36. The highest BCUT2D eigenvalue weighted by molar-refractivity contribution is 7.90. The van der Waals surface area contributed by atoms with Crippen molar-refractivity contribution in [1.82, 2.24) is 9.29 Å². The molecule has 0 N–H and O–H groups in total. The van der Waals surface area contributed by atoms with Crippen LogP contribution in [0.25, 0.3) is 0 Å². The van der Waals surface area contributed by atoms with Gasteiger partial charge in [-0.3, -0.25) is 0 Å².